The van der Waals surface area contributed by atoms with Gasteiger partial charge in [0.25, 0.3) is 5.91 Å². The summed E-state index contributed by atoms with van der Waals surface area (Å²) in [6, 6.07) is 19.7. The Morgan fingerprint density at radius 1 is 0.935 bits per heavy atom. The zero-order valence-corrected chi connectivity index (χ0v) is 17.5. The van der Waals surface area contributed by atoms with E-state index in [0.29, 0.717) is 16.8 Å². The number of carbonyl (C=O) groups excluding carboxylic acids is 1. The highest BCUT2D eigenvalue weighted by Crippen LogP contribution is 2.35. The monoisotopic (exact) mass is 413 g/mol. The second kappa shape index (κ2) is 7.99. The summed E-state index contributed by atoms with van der Waals surface area (Å²) in [7, 11) is 0. The first kappa shape index (κ1) is 20.2. The lowest BCUT2D eigenvalue weighted by molar-refractivity contribution is 0.0955. The molecule has 0 radical (unpaired) electrons. The fourth-order valence-corrected chi connectivity index (χ4v) is 3.79. The standard InChI is InChI=1S/C25H23N3O3/c1-15-12-16(2)14-19(13-15)28-22-7-5-4-6-21(22)23(25(28)31)17(3)26-27-24(30)18-8-10-20(29)11-9-18/h4-14,29,31H,1-3H3,(H,27,30). The van der Waals surface area contributed by atoms with Crippen molar-refractivity contribution in [3.05, 3.63) is 89.0 Å². The van der Waals surface area contributed by atoms with E-state index in [4.69, 9.17) is 0 Å². The maximum Gasteiger partial charge on any atom is 0.271 e. The average Bonchev–Trinajstić information content (AvgIpc) is 3.03. The van der Waals surface area contributed by atoms with Gasteiger partial charge in [-0.05, 0) is 74.4 Å². The van der Waals surface area contributed by atoms with E-state index in [2.05, 4.69) is 16.6 Å². The fourth-order valence-electron chi connectivity index (χ4n) is 3.79. The molecule has 4 rings (SSSR count). The van der Waals surface area contributed by atoms with Gasteiger partial charge in [0.2, 0.25) is 5.88 Å². The van der Waals surface area contributed by atoms with Crippen molar-refractivity contribution in [2.75, 3.05) is 0 Å². The third-order valence-corrected chi connectivity index (χ3v) is 5.13. The number of nitrogens with one attached hydrogen (secondary N) is 1. The quantitative estimate of drug-likeness (QED) is 0.331. The van der Waals surface area contributed by atoms with Gasteiger partial charge in [0, 0.05) is 16.6 Å². The molecule has 0 spiro atoms. The van der Waals surface area contributed by atoms with E-state index in [-0.39, 0.29) is 11.6 Å². The first-order valence-corrected chi connectivity index (χ1v) is 9.90. The summed E-state index contributed by atoms with van der Waals surface area (Å²) in [5, 5.41) is 25.6. The predicted molar refractivity (Wildman–Crippen MR) is 122 cm³/mol. The number of para-hydroxylation sites is 1. The molecule has 3 N–H and O–H groups in total. The Kier molecular flexibility index (Phi) is 5.21. The lowest BCUT2D eigenvalue weighted by atomic mass is 10.1. The average molecular weight is 413 g/mol. The van der Waals surface area contributed by atoms with Crippen molar-refractivity contribution in [3.63, 3.8) is 0 Å². The van der Waals surface area contributed by atoms with Crippen LogP contribution in [0.3, 0.4) is 0 Å². The largest absolute Gasteiger partial charge is 0.508 e. The van der Waals surface area contributed by atoms with Gasteiger partial charge in [-0.2, -0.15) is 5.10 Å². The number of rotatable bonds is 4. The Morgan fingerprint density at radius 2 is 1.58 bits per heavy atom. The van der Waals surface area contributed by atoms with E-state index >= 15 is 0 Å². The van der Waals surface area contributed by atoms with Crippen molar-refractivity contribution >= 4 is 22.5 Å². The Labute approximate surface area is 180 Å². The molecular weight excluding hydrogens is 390 g/mol. The number of fused-ring (bicyclic) bond motifs is 1. The van der Waals surface area contributed by atoms with Gasteiger partial charge in [0.15, 0.2) is 0 Å². The number of nitrogens with zero attached hydrogens (tertiary/aromatic N) is 2. The summed E-state index contributed by atoms with van der Waals surface area (Å²) in [6.07, 6.45) is 0. The molecule has 156 valence electrons. The van der Waals surface area contributed by atoms with E-state index in [1.807, 2.05) is 50.2 Å². The number of benzene rings is 3. The minimum Gasteiger partial charge on any atom is -0.508 e. The predicted octanol–water partition coefficient (Wildman–Crippen LogP) is 4.81. The third kappa shape index (κ3) is 3.88. The highest BCUT2D eigenvalue weighted by molar-refractivity contribution is 6.13. The van der Waals surface area contributed by atoms with Crippen molar-refractivity contribution in [1.82, 2.24) is 9.99 Å². The topological polar surface area (TPSA) is 86.8 Å². The first-order valence-electron chi connectivity index (χ1n) is 9.90. The number of amides is 1. The number of hydrogen-bond acceptors (Lipinski definition) is 4. The summed E-state index contributed by atoms with van der Waals surface area (Å²) >= 11 is 0. The van der Waals surface area contributed by atoms with Gasteiger partial charge in [-0.1, -0.05) is 24.3 Å². The van der Waals surface area contributed by atoms with Crippen LogP contribution in [0.2, 0.25) is 0 Å². The first-order chi connectivity index (χ1) is 14.8. The van der Waals surface area contributed by atoms with Crippen LogP contribution in [0.1, 0.15) is 34.0 Å². The van der Waals surface area contributed by atoms with Crippen LogP contribution >= 0.6 is 0 Å². The molecule has 0 saturated heterocycles. The summed E-state index contributed by atoms with van der Waals surface area (Å²) < 4.78 is 1.80. The molecule has 1 amide bonds. The smallest absolute Gasteiger partial charge is 0.271 e. The molecule has 0 bridgehead atoms. The molecule has 3 aromatic carbocycles. The molecule has 1 heterocycles. The molecular formula is C25H23N3O3. The van der Waals surface area contributed by atoms with Gasteiger partial charge in [0.1, 0.15) is 5.75 Å². The second-order valence-corrected chi connectivity index (χ2v) is 7.58. The number of carbonyl (C=O) groups is 1. The maximum atomic E-state index is 12.4. The van der Waals surface area contributed by atoms with Crippen LogP contribution in [0.4, 0.5) is 0 Å². The third-order valence-electron chi connectivity index (χ3n) is 5.13. The molecule has 0 atom stereocenters. The number of hydrazone groups is 1. The van der Waals surface area contributed by atoms with Gasteiger partial charge in [-0.3, -0.25) is 9.36 Å². The zero-order chi connectivity index (χ0) is 22.1. The zero-order valence-electron chi connectivity index (χ0n) is 17.5. The number of hydrogen-bond donors (Lipinski definition) is 3. The molecule has 1 aromatic heterocycles. The molecule has 0 fully saturated rings. The van der Waals surface area contributed by atoms with E-state index in [1.165, 1.54) is 24.3 Å². The molecule has 31 heavy (non-hydrogen) atoms. The molecule has 0 aliphatic rings. The Balaban J connectivity index is 1.77. The van der Waals surface area contributed by atoms with Crippen molar-refractivity contribution in [3.8, 4) is 17.3 Å². The van der Waals surface area contributed by atoms with Crippen molar-refractivity contribution in [2.24, 2.45) is 5.10 Å². The van der Waals surface area contributed by atoms with E-state index < -0.39 is 5.91 Å². The van der Waals surface area contributed by atoms with Crippen LogP contribution in [0.25, 0.3) is 16.6 Å². The lowest BCUT2D eigenvalue weighted by Crippen LogP contribution is -2.19. The van der Waals surface area contributed by atoms with Gasteiger partial charge in [-0.15, -0.1) is 0 Å². The van der Waals surface area contributed by atoms with Crippen LogP contribution in [-0.4, -0.2) is 26.4 Å². The van der Waals surface area contributed by atoms with Crippen LogP contribution in [0.5, 0.6) is 11.6 Å². The van der Waals surface area contributed by atoms with E-state index in [0.717, 1.165) is 27.7 Å². The summed E-state index contributed by atoms with van der Waals surface area (Å²) in [4.78, 5) is 12.4. The number of phenols is 1. The second-order valence-electron chi connectivity index (χ2n) is 7.58. The Bertz CT molecular complexity index is 1300. The molecule has 6 nitrogen and oxygen atoms in total. The molecule has 6 heteroatoms. The Hall–Kier alpha value is -4.06. The minimum atomic E-state index is -0.406. The summed E-state index contributed by atoms with van der Waals surface area (Å²) in [5.41, 5.74) is 7.83. The molecule has 0 saturated carbocycles. The summed E-state index contributed by atoms with van der Waals surface area (Å²) in [5.74, 6) is -0.261. The molecule has 0 aliphatic carbocycles. The van der Waals surface area contributed by atoms with Gasteiger partial charge < -0.3 is 10.2 Å². The molecule has 0 aliphatic heterocycles. The molecule has 0 unspecified atom stereocenters. The van der Waals surface area contributed by atoms with Crippen molar-refractivity contribution < 1.29 is 15.0 Å². The van der Waals surface area contributed by atoms with Crippen molar-refractivity contribution in [2.45, 2.75) is 20.8 Å². The Morgan fingerprint density at radius 3 is 2.26 bits per heavy atom. The molecule has 4 aromatic rings. The van der Waals surface area contributed by atoms with E-state index in [1.54, 1.807) is 11.5 Å². The van der Waals surface area contributed by atoms with Gasteiger partial charge in [-0.25, -0.2) is 5.43 Å². The van der Waals surface area contributed by atoms with Crippen LogP contribution in [0.15, 0.2) is 71.8 Å². The van der Waals surface area contributed by atoms with Gasteiger partial charge in [0.05, 0.1) is 16.8 Å². The minimum absolute atomic E-state index is 0.0614. The van der Waals surface area contributed by atoms with Crippen molar-refractivity contribution in [1.29, 1.82) is 0 Å². The number of aryl methyl sites for hydroxylation is 2. The van der Waals surface area contributed by atoms with Crippen LogP contribution < -0.4 is 5.43 Å². The highest BCUT2D eigenvalue weighted by atomic mass is 16.3. The number of phenolic OH excluding ortho intramolecular Hbond substituents is 1. The van der Waals surface area contributed by atoms with E-state index in [9.17, 15) is 15.0 Å². The normalized spacial score (nSPS) is 11.6. The maximum absolute atomic E-state index is 12.4. The fraction of sp³-hybridized carbons (Fsp3) is 0.120. The summed E-state index contributed by atoms with van der Waals surface area (Å²) in [6.45, 7) is 5.78. The van der Waals surface area contributed by atoms with Gasteiger partial charge >= 0.3 is 0 Å². The highest BCUT2D eigenvalue weighted by Gasteiger charge is 2.20. The number of aromatic hydroxyl groups is 2. The van der Waals surface area contributed by atoms with Crippen LogP contribution in [0, 0.1) is 13.8 Å². The SMILES string of the molecule is CC(=NNC(=O)c1ccc(O)cc1)c1c(O)n(-c2cc(C)cc(C)c2)c2ccccc12. The lowest BCUT2D eigenvalue weighted by Gasteiger charge is -2.10. The van der Waals surface area contributed by atoms with Crippen LogP contribution in [-0.2, 0) is 0 Å². The number of aromatic nitrogens is 1.